The van der Waals surface area contributed by atoms with Crippen LogP contribution in [0.25, 0.3) is 11.3 Å². The largest absolute Gasteiger partial charge is 0.394 e. The van der Waals surface area contributed by atoms with Crippen molar-refractivity contribution in [2.24, 2.45) is 0 Å². The minimum atomic E-state index is -0.736. The van der Waals surface area contributed by atoms with Crippen molar-refractivity contribution in [1.29, 1.82) is 0 Å². The Labute approximate surface area is 177 Å². The highest BCUT2D eigenvalue weighted by Crippen LogP contribution is 2.23. The number of hydrogen-bond acceptors (Lipinski definition) is 6. The molecule has 1 fully saturated rings. The number of aromatic nitrogens is 3. The summed E-state index contributed by atoms with van der Waals surface area (Å²) in [6.07, 6.45) is 4.92. The van der Waals surface area contributed by atoms with Crippen LogP contribution in [0.1, 0.15) is 24.4 Å². The number of nitrogens with one attached hydrogen (secondary N) is 1. The second-order valence-electron chi connectivity index (χ2n) is 6.94. The summed E-state index contributed by atoms with van der Waals surface area (Å²) in [6.45, 7) is 0.336. The Bertz CT molecular complexity index is 1100. The van der Waals surface area contributed by atoms with Gasteiger partial charge in [-0.2, -0.15) is 0 Å². The van der Waals surface area contributed by atoms with Crippen LogP contribution in [0.4, 0.5) is 10.3 Å². The molecule has 4 rings (SSSR count). The standard InChI is InChI=1S/C21H20ClFN4O3/c22-15-4-3-14(10-16(15)23)18(12-28)27-8-6-13(11-20(27)29)17-5-7-24-21(25-17)26-19-2-1-9-30-19/h3-8,10-11,18-19,28H,1-2,9,12H2,(H,24,25,26)/t18-,19-/m1/s1. The Kier molecular flexibility index (Phi) is 6.08. The quantitative estimate of drug-likeness (QED) is 0.624. The fraction of sp³-hybridized carbons (Fsp3) is 0.286. The molecule has 0 bridgehead atoms. The van der Waals surface area contributed by atoms with Gasteiger partial charge in [-0.15, -0.1) is 0 Å². The number of anilines is 1. The minimum absolute atomic E-state index is 0.0192. The van der Waals surface area contributed by atoms with Crippen LogP contribution in [0.2, 0.25) is 5.02 Å². The smallest absolute Gasteiger partial charge is 0.251 e. The van der Waals surface area contributed by atoms with E-state index in [1.54, 1.807) is 30.6 Å². The third-order valence-electron chi connectivity index (χ3n) is 4.96. The molecule has 1 aliphatic heterocycles. The number of aliphatic hydroxyl groups is 1. The number of ether oxygens (including phenoxy) is 1. The first kappa shape index (κ1) is 20.5. The van der Waals surface area contributed by atoms with Crippen molar-refractivity contribution < 1.29 is 14.2 Å². The molecule has 0 unspecified atom stereocenters. The number of pyridine rings is 1. The Morgan fingerprint density at radius 1 is 1.33 bits per heavy atom. The summed E-state index contributed by atoms with van der Waals surface area (Å²) >= 11 is 5.73. The van der Waals surface area contributed by atoms with Crippen LogP contribution >= 0.6 is 11.6 Å². The van der Waals surface area contributed by atoms with E-state index < -0.39 is 11.9 Å². The Morgan fingerprint density at radius 3 is 2.90 bits per heavy atom. The van der Waals surface area contributed by atoms with Gasteiger partial charge >= 0.3 is 0 Å². The van der Waals surface area contributed by atoms with Crippen LogP contribution in [-0.2, 0) is 4.74 Å². The molecule has 2 atom stereocenters. The van der Waals surface area contributed by atoms with Crippen molar-refractivity contribution in [3.05, 3.63) is 75.5 Å². The van der Waals surface area contributed by atoms with Crippen LogP contribution in [0, 0.1) is 5.82 Å². The summed E-state index contributed by atoms with van der Waals surface area (Å²) in [5, 5.41) is 12.9. The number of hydrogen-bond donors (Lipinski definition) is 2. The predicted octanol–water partition coefficient (Wildman–Crippen LogP) is 3.23. The zero-order valence-corrected chi connectivity index (χ0v) is 16.7. The van der Waals surface area contributed by atoms with Crippen LogP contribution in [0.3, 0.4) is 0 Å². The van der Waals surface area contributed by atoms with Gasteiger partial charge in [-0.25, -0.2) is 14.4 Å². The lowest BCUT2D eigenvalue weighted by Crippen LogP contribution is -2.27. The lowest BCUT2D eigenvalue weighted by molar-refractivity contribution is 0.131. The number of benzene rings is 1. The highest BCUT2D eigenvalue weighted by molar-refractivity contribution is 6.30. The highest BCUT2D eigenvalue weighted by Gasteiger charge is 2.18. The topological polar surface area (TPSA) is 89.3 Å². The molecule has 1 aliphatic rings. The van der Waals surface area contributed by atoms with Crippen molar-refractivity contribution in [2.45, 2.75) is 25.1 Å². The maximum Gasteiger partial charge on any atom is 0.251 e. The molecule has 2 aromatic heterocycles. The van der Waals surface area contributed by atoms with Gasteiger partial charge in [-0.05, 0) is 42.7 Å². The summed E-state index contributed by atoms with van der Waals surface area (Å²) < 4.78 is 20.7. The predicted molar refractivity (Wildman–Crippen MR) is 111 cm³/mol. The SMILES string of the molecule is O=c1cc(-c2ccnc(N[C@H]3CCCO3)n2)ccn1[C@H](CO)c1ccc(Cl)c(F)c1. The maximum atomic E-state index is 13.8. The van der Waals surface area contributed by atoms with E-state index >= 15 is 0 Å². The first-order valence-electron chi connectivity index (χ1n) is 9.54. The summed E-state index contributed by atoms with van der Waals surface area (Å²) in [6, 6.07) is 8.31. The van der Waals surface area contributed by atoms with E-state index in [2.05, 4.69) is 15.3 Å². The van der Waals surface area contributed by atoms with E-state index in [0.29, 0.717) is 29.4 Å². The van der Waals surface area contributed by atoms with E-state index in [1.807, 2.05) is 0 Å². The lowest BCUT2D eigenvalue weighted by Gasteiger charge is -2.19. The molecule has 2 N–H and O–H groups in total. The molecule has 1 aromatic carbocycles. The van der Waals surface area contributed by atoms with Gasteiger partial charge in [0, 0.05) is 30.6 Å². The van der Waals surface area contributed by atoms with Gasteiger partial charge in [0.1, 0.15) is 12.0 Å². The Morgan fingerprint density at radius 2 is 2.20 bits per heavy atom. The van der Waals surface area contributed by atoms with Gasteiger partial charge in [-0.3, -0.25) is 4.79 Å². The minimum Gasteiger partial charge on any atom is -0.394 e. The fourth-order valence-corrected chi connectivity index (χ4v) is 3.52. The van der Waals surface area contributed by atoms with E-state index in [1.165, 1.54) is 22.8 Å². The molecular formula is C21H20ClFN4O3. The molecule has 3 heterocycles. The third-order valence-corrected chi connectivity index (χ3v) is 5.26. The summed E-state index contributed by atoms with van der Waals surface area (Å²) in [5.74, 6) is -0.182. The van der Waals surface area contributed by atoms with Crippen molar-refractivity contribution >= 4 is 17.5 Å². The summed E-state index contributed by atoms with van der Waals surface area (Å²) in [5.41, 5.74) is 1.27. The second-order valence-corrected chi connectivity index (χ2v) is 7.35. The zero-order chi connectivity index (χ0) is 21.1. The Hall–Kier alpha value is -2.81. The molecule has 3 aromatic rings. The van der Waals surface area contributed by atoms with Crippen molar-refractivity contribution in [3.8, 4) is 11.3 Å². The molecule has 156 valence electrons. The van der Waals surface area contributed by atoms with E-state index in [4.69, 9.17) is 16.3 Å². The van der Waals surface area contributed by atoms with E-state index in [9.17, 15) is 14.3 Å². The van der Waals surface area contributed by atoms with Crippen molar-refractivity contribution in [3.63, 3.8) is 0 Å². The van der Waals surface area contributed by atoms with Crippen LogP contribution in [0.15, 0.2) is 53.6 Å². The highest BCUT2D eigenvalue weighted by atomic mass is 35.5. The first-order valence-corrected chi connectivity index (χ1v) is 9.92. The van der Waals surface area contributed by atoms with Gasteiger partial charge in [0.15, 0.2) is 0 Å². The molecule has 30 heavy (non-hydrogen) atoms. The number of halogens is 2. The van der Waals surface area contributed by atoms with Gasteiger partial charge < -0.3 is 19.7 Å². The number of nitrogens with zero attached hydrogens (tertiary/aromatic N) is 3. The lowest BCUT2D eigenvalue weighted by atomic mass is 10.1. The summed E-state index contributed by atoms with van der Waals surface area (Å²) in [7, 11) is 0. The van der Waals surface area contributed by atoms with Gasteiger partial charge in [-0.1, -0.05) is 17.7 Å². The molecule has 7 nitrogen and oxygen atoms in total. The van der Waals surface area contributed by atoms with Gasteiger partial charge in [0.2, 0.25) is 5.95 Å². The van der Waals surface area contributed by atoms with Gasteiger partial charge in [0.05, 0.1) is 23.4 Å². The van der Waals surface area contributed by atoms with Crippen LogP contribution < -0.4 is 10.9 Å². The molecule has 0 saturated carbocycles. The summed E-state index contributed by atoms with van der Waals surface area (Å²) in [4.78, 5) is 21.4. The molecular weight excluding hydrogens is 411 g/mol. The third kappa shape index (κ3) is 4.35. The molecule has 0 radical (unpaired) electrons. The first-order chi connectivity index (χ1) is 14.5. The average Bonchev–Trinajstić information content (AvgIpc) is 3.25. The fourth-order valence-electron chi connectivity index (χ4n) is 3.40. The molecule has 9 heteroatoms. The van der Waals surface area contributed by atoms with E-state index in [0.717, 1.165) is 12.8 Å². The molecule has 0 aliphatic carbocycles. The number of aliphatic hydroxyl groups excluding tert-OH is 1. The number of rotatable bonds is 6. The normalized spacial score (nSPS) is 17.1. The zero-order valence-electron chi connectivity index (χ0n) is 16.0. The van der Waals surface area contributed by atoms with Crippen molar-refractivity contribution in [1.82, 2.24) is 14.5 Å². The van der Waals surface area contributed by atoms with Crippen LogP contribution in [-0.4, -0.2) is 39.1 Å². The van der Waals surface area contributed by atoms with Crippen LogP contribution in [0.5, 0.6) is 0 Å². The second kappa shape index (κ2) is 8.91. The van der Waals surface area contributed by atoms with Crippen molar-refractivity contribution in [2.75, 3.05) is 18.5 Å². The Balaban J connectivity index is 1.61. The molecule has 0 amide bonds. The average molecular weight is 431 g/mol. The van der Waals surface area contributed by atoms with Gasteiger partial charge in [0.25, 0.3) is 5.56 Å². The monoisotopic (exact) mass is 430 g/mol. The van der Waals surface area contributed by atoms with E-state index in [-0.39, 0.29) is 23.4 Å². The maximum absolute atomic E-state index is 13.8. The molecule has 1 saturated heterocycles. The molecule has 0 spiro atoms.